The number of nitrogens with two attached hydrogens (primary N) is 1. The molecule has 0 rings (SSSR count). The SMILES string of the molecule is CCCCN(CCCC)C(CN)(CCCC)CCCC. The van der Waals surface area contributed by atoms with Crippen LogP contribution in [-0.4, -0.2) is 30.1 Å². The third kappa shape index (κ3) is 7.08. The molecule has 122 valence electrons. The topological polar surface area (TPSA) is 29.3 Å². The van der Waals surface area contributed by atoms with Crippen molar-refractivity contribution in [3.05, 3.63) is 0 Å². The molecule has 0 aromatic heterocycles. The second-order valence-corrected chi connectivity index (χ2v) is 6.33. The van der Waals surface area contributed by atoms with Crippen molar-refractivity contribution >= 4 is 0 Å². The van der Waals surface area contributed by atoms with Crippen LogP contribution in [0.2, 0.25) is 0 Å². The first-order valence-electron chi connectivity index (χ1n) is 9.15. The Morgan fingerprint density at radius 1 is 0.700 bits per heavy atom. The van der Waals surface area contributed by atoms with Crippen LogP contribution in [0.1, 0.15) is 91.9 Å². The van der Waals surface area contributed by atoms with Crippen LogP contribution in [0, 0.1) is 0 Å². The van der Waals surface area contributed by atoms with Crippen molar-refractivity contribution in [3.8, 4) is 0 Å². The van der Waals surface area contributed by atoms with Gasteiger partial charge < -0.3 is 5.73 Å². The molecule has 0 aromatic rings. The van der Waals surface area contributed by atoms with Gasteiger partial charge in [-0.25, -0.2) is 0 Å². The summed E-state index contributed by atoms with van der Waals surface area (Å²) in [4.78, 5) is 2.76. The predicted octanol–water partition coefficient (Wildman–Crippen LogP) is 4.97. The van der Waals surface area contributed by atoms with Crippen molar-refractivity contribution in [3.63, 3.8) is 0 Å². The van der Waals surface area contributed by atoms with E-state index < -0.39 is 0 Å². The molecule has 20 heavy (non-hydrogen) atoms. The standard InChI is InChI=1S/C18H40N2/c1-5-9-13-18(17-19,14-10-6-2)20(15-11-7-3)16-12-8-4/h5-17,19H2,1-4H3. The highest BCUT2D eigenvalue weighted by atomic mass is 15.2. The molecule has 0 aromatic carbocycles. The summed E-state index contributed by atoms with van der Waals surface area (Å²) < 4.78 is 0. The Kier molecular flexibility index (Phi) is 12.6. The predicted molar refractivity (Wildman–Crippen MR) is 92.2 cm³/mol. The monoisotopic (exact) mass is 284 g/mol. The second-order valence-electron chi connectivity index (χ2n) is 6.33. The number of unbranched alkanes of at least 4 members (excludes halogenated alkanes) is 4. The molecule has 2 nitrogen and oxygen atoms in total. The zero-order chi connectivity index (χ0) is 15.3. The average molecular weight is 285 g/mol. The van der Waals surface area contributed by atoms with Gasteiger partial charge in [0.2, 0.25) is 0 Å². The molecular formula is C18H40N2. The maximum atomic E-state index is 6.29. The second kappa shape index (κ2) is 12.6. The van der Waals surface area contributed by atoms with E-state index in [1.165, 1.54) is 77.3 Å². The molecule has 0 saturated carbocycles. The highest BCUT2D eigenvalue weighted by Gasteiger charge is 2.33. The van der Waals surface area contributed by atoms with Crippen LogP contribution in [0.5, 0.6) is 0 Å². The first-order valence-corrected chi connectivity index (χ1v) is 9.15. The van der Waals surface area contributed by atoms with Crippen LogP contribution in [0.3, 0.4) is 0 Å². The third-order valence-corrected chi connectivity index (χ3v) is 4.61. The summed E-state index contributed by atoms with van der Waals surface area (Å²) in [6, 6.07) is 0. The molecule has 0 unspecified atom stereocenters. The Labute approximate surface area is 128 Å². The molecule has 0 amide bonds. The lowest BCUT2D eigenvalue weighted by Crippen LogP contribution is -2.54. The zero-order valence-electron chi connectivity index (χ0n) is 14.7. The van der Waals surface area contributed by atoms with Gasteiger partial charge in [0, 0.05) is 12.1 Å². The normalized spacial score (nSPS) is 12.3. The molecule has 0 aliphatic carbocycles. The van der Waals surface area contributed by atoms with Crippen molar-refractivity contribution in [2.24, 2.45) is 5.73 Å². The van der Waals surface area contributed by atoms with E-state index in [9.17, 15) is 0 Å². The third-order valence-electron chi connectivity index (χ3n) is 4.61. The Bertz CT molecular complexity index is 188. The minimum atomic E-state index is 0.274. The van der Waals surface area contributed by atoms with Crippen molar-refractivity contribution < 1.29 is 0 Å². The molecule has 0 aliphatic heterocycles. The van der Waals surface area contributed by atoms with E-state index in [2.05, 4.69) is 32.6 Å². The maximum absolute atomic E-state index is 6.29. The molecule has 0 fully saturated rings. The minimum Gasteiger partial charge on any atom is -0.329 e. The van der Waals surface area contributed by atoms with Crippen LogP contribution in [0.25, 0.3) is 0 Å². The molecule has 0 spiro atoms. The van der Waals surface area contributed by atoms with E-state index in [4.69, 9.17) is 5.73 Å². The smallest absolute Gasteiger partial charge is 0.0331 e. The first-order chi connectivity index (χ1) is 9.70. The lowest BCUT2D eigenvalue weighted by atomic mass is 9.84. The molecule has 0 aliphatic rings. The summed E-state index contributed by atoms with van der Waals surface area (Å²) in [5.41, 5.74) is 6.57. The summed E-state index contributed by atoms with van der Waals surface area (Å²) in [6.45, 7) is 12.5. The van der Waals surface area contributed by atoms with Gasteiger partial charge in [-0.15, -0.1) is 0 Å². The van der Waals surface area contributed by atoms with Crippen molar-refractivity contribution in [2.75, 3.05) is 19.6 Å². The summed E-state index contributed by atoms with van der Waals surface area (Å²) >= 11 is 0. The van der Waals surface area contributed by atoms with Crippen LogP contribution >= 0.6 is 0 Å². The molecule has 0 atom stereocenters. The lowest BCUT2D eigenvalue weighted by molar-refractivity contribution is 0.0682. The van der Waals surface area contributed by atoms with Gasteiger partial charge in [-0.3, -0.25) is 4.90 Å². The van der Waals surface area contributed by atoms with Crippen LogP contribution in [0.4, 0.5) is 0 Å². The molecule has 0 saturated heterocycles. The van der Waals surface area contributed by atoms with Gasteiger partial charge >= 0.3 is 0 Å². The van der Waals surface area contributed by atoms with Gasteiger partial charge in [0.05, 0.1) is 0 Å². The largest absolute Gasteiger partial charge is 0.329 e. The average Bonchev–Trinajstić information content (AvgIpc) is 2.49. The maximum Gasteiger partial charge on any atom is 0.0331 e. The van der Waals surface area contributed by atoms with Gasteiger partial charge in [0.15, 0.2) is 0 Å². The van der Waals surface area contributed by atoms with Gasteiger partial charge in [-0.1, -0.05) is 66.2 Å². The molecule has 0 heterocycles. The summed E-state index contributed by atoms with van der Waals surface area (Å²) in [5.74, 6) is 0. The van der Waals surface area contributed by atoms with E-state index in [-0.39, 0.29) is 5.54 Å². The van der Waals surface area contributed by atoms with Crippen molar-refractivity contribution in [1.82, 2.24) is 4.90 Å². The van der Waals surface area contributed by atoms with E-state index in [0.717, 1.165) is 6.54 Å². The van der Waals surface area contributed by atoms with E-state index in [1.807, 2.05) is 0 Å². The van der Waals surface area contributed by atoms with Crippen LogP contribution in [-0.2, 0) is 0 Å². The molecular weight excluding hydrogens is 244 g/mol. The van der Waals surface area contributed by atoms with Crippen LogP contribution < -0.4 is 5.73 Å². The Balaban J connectivity index is 4.89. The minimum absolute atomic E-state index is 0.274. The summed E-state index contributed by atoms with van der Waals surface area (Å²) in [5, 5.41) is 0. The fourth-order valence-electron chi connectivity index (χ4n) is 3.07. The van der Waals surface area contributed by atoms with E-state index >= 15 is 0 Å². The first kappa shape index (κ1) is 19.9. The highest BCUT2D eigenvalue weighted by Crippen LogP contribution is 2.29. The van der Waals surface area contributed by atoms with Gasteiger partial charge in [-0.05, 0) is 38.8 Å². The fourth-order valence-corrected chi connectivity index (χ4v) is 3.07. The molecule has 0 radical (unpaired) electrons. The lowest BCUT2D eigenvalue weighted by Gasteiger charge is -2.44. The van der Waals surface area contributed by atoms with Crippen molar-refractivity contribution in [2.45, 2.75) is 97.4 Å². The Morgan fingerprint density at radius 3 is 1.40 bits per heavy atom. The number of rotatable bonds is 14. The highest BCUT2D eigenvalue weighted by molar-refractivity contribution is 4.91. The Hall–Kier alpha value is -0.0800. The number of hydrogen-bond acceptors (Lipinski definition) is 2. The summed E-state index contributed by atoms with van der Waals surface area (Å²) in [6.07, 6.45) is 12.9. The number of hydrogen-bond donors (Lipinski definition) is 1. The molecule has 2 heteroatoms. The van der Waals surface area contributed by atoms with E-state index in [1.54, 1.807) is 0 Å². The zero-order valence-corrected chi connectivity index (χ0v) is 14.7. The van der Waals surface area contributed by atoms with E-state index in [0.29, 0.717) is 0 Å². The quantitative estimate of drug-likeness (QED) is 0.488. The van der Waals surface area contributed by atoms with Gasteiger partial charge in [-0.2, -0.15) is 0 Å². The van der Waals surface area contributed by atoms with Gasteiger partial charge in [0.25, 0.3) is 0 Å². The Morgan fingerprint density at radius 2 is 1.10 bits per heavy atom. The van der Waals surface area contributed by atoms with Crippen molar-refractivity contribution in [1.29, 1.82) is 0 Å². The van der Waals surface area contributed by atoms with Gasteiger partial charge in [0.1, 0.15) is 0 Å². The summed E-state index contributed by atoms with van der Waals surface area (Å²) in [7, 11) is 0. The fraction of sp³-hybridized carbons (Fsp3) is 1.00. The van der Waals surface area contributed by atoms with Crippen LogP contribution in [0.15, 0.2) is 0 Å². The molecule has 0 bridgehead atoms. The molecule has 2 N–H and O–H groups in total. The number of nitrogens with zero attached hydrogens (tertiary/aromatic N) is 1.